The van der Waals surface area contributed by atoms with Gasteiger partial charge in [-0.2, -0.15) is 10.2 Å². The van der Waals surface area contributed by atoms with Crippen molar-refractivity contribution in [1.82, 2.24) is 35.3 Å². The van der Waals surface area contributed by atoms with Gasteiger partial charge in [0.1, 0.15) is 5.69 Å². The van der Waals surface area contributed by atoms with Crippen LogP contribution in [0.2, 0.25) is 0 Å². The van der Waals surface area contributed by atoms with Crippen molar-refractivity contribution in [3.8, 4) is 17.2 Å². The number of H-pyrrole nitrogens is 1. The Balaban J connectivity index is 1.21. The van der Waals surface area contributed by atoms with Gasteiger partial charge in [-0.05, 0) is 81.8 Å². The van der Waals surface area contributed by atoms with E-state index in [1.165, 1.54) is 10.9 Å². The van der Waals surface area contributed by atoms with Gasteiger partial charge in [-0.3, -0.25) is 9.89 Å². The SMILES string of the molecule is Cc1cc(-c2cc(C)[nH]n2)nc(C2(F)CCC(C(=O)N[C@@H](C)c3ccc(-n4cc(F)cn4)nc3)CC2)c1. The van der Waals surface area contributed by atoms with Crippen LogP contribution in [0.1, 0.15) is 61.2 Å². The van der Waals surface area contributed by atoms with Crippen LogP contribution < -0.4 is 5.32 Å². The van der Waals surface area contributed by atoms with Gasteiger partial charge >= 0.3 is 0 Å². The van der Waals surface area contributed by atoms with Crippen molar-refractivity contribution in [2.75, 3.05) is 0 Å². The van der Waals surface area contributed by atoms with Crippen molar-refractivity contribution >= 4 is 5.91 Å². The summed E-state index contributed by atoms with van der Waals surface area (Å²) in [6.07, 6.45) is 5.31. The summed E-state index contributed by atoms with van der Waals surface area (Å²) in [4.78, 5) is 21.9. The molecule has 5 rings (SSSR count). The minimum atomic E-state index is -1.58. The average molecular weight is 506 g/mol. The predicted molar refractivity (Wildman–Crippen MR) is 134 cm³/mol. The summed E-state index contributed by atoms with van der Waals surface area (Å²) >= 11 is 0. The number of nitrogens with zero attached hydrogens (tertiary/aromatic N) is 5. The number of pyridine rings is 2. The van der Waals surface area contributed by atoms with Crippen LogP contribution in [-0.4, -0.2) is 35.9 Å². The van der Waals surface area contributed by atoms with E-state index in [9.17, 15) is 9.18 Å². The summed E-state index contributed by atoms with van der Waals surface area (Å²) in [6, 6.07) is 8.84. The molecule has 0 aliphatic heterocycles. The molecule has 2 N–H and O–H groups in total. The lowest BCUT2D eigenvalue weighted by atomic mass is 9.77. The van der Waals surface area contributed by atoms with Gasteiger partial charge in [-0.1, -0.05) is 6.07 Å². The molecule has 1 amide bonds. The molecule has 0 aromatic carbocycles. The molecule has 37 heavy (non-hydrogen) atoms. The third kappa shape index (κ3) is 5.28. The molecule has 0 bridgehead atoms. The molecule has 0 spiro atoms. The Hall–Kier alpha value is -3.95. The quantitative estimate of drug-likeness (QED) is 0.382. The van der Waals surface area contributed by atoms with E-state index < -0.39 is 11.5 Å². The maximum absolute atomic E-state index is 16.1. The molecule has 4 aromatic rings. The number of carbonyl (C=O) groups is 1. The molecule has 10 heteroatoms. The molecule has 1 aliphatic rings. The normalized spacial score (nSPS) is 20.5. The molecule has 1 fully saturated rings. The highest BCUT2D eigenvalue weighted by atomic mass is 19.1. The second-order valence-electron chi connectivity index (χ2n) is 9.87. The molecule has 8 nitrogen and oxygen atoms in total. The Morgan fingerprint density at radius 2 is 1.95 bits per heavy atom. The van der Waals surface area contributed by atoms with Crippen molar-refractivity contribution in [2.24, 2.45) is 5.92 Å². The summed E-state index contributed by atoms with van der Waals surface area (Å²) in [5, 5.41) is 14.1. The second kappa shape index (κ2) is 9.84. The fraction of sp³-hybridized carbons (Fsp3) is 0.370. The highest BCUT2D eigenvalue weighted by molar-refractivity contribution is 5.79. The van der Waals surface area contributed by atoms with Gasteiger partial charge in [-0.25, -0.2) is 23.4 Å². The number of nitrogens with one attached hydrogen (secondary N) is 2. The molecule has 1 atom stereocenters. The summed E-state index contributed by atoms with van der Waals surface area (Å²) < 4.78 is 30.6. The van der Waals surface area contributed by atoms with E-state index >= 15 is 4.39 Å². The van der Waals surface area contributed by atoms with Crippen molar-refractivity contribution < 1.29 is 13.6 Å². The van der Waals surface area contributed by atoms with Crippen LogP contribution in [-0.2, 0) is 10.5 Å². The van der Waals surface area contributed by atoms with Gasteiger partial charge in [0, 0.05) is 17.8 Å². The van der Waals surface area contributed by atoms with Crippen LogP contribution in [0.4, 0.5) is 8.78 Å². The Labute approximate surface area is 213 Å². The number of rotatable bonds is 6. The lowest BCUT2D eigenvalue weighted by Crippen LogP contribution is -2.38. The van der Waals surface area contributed by atoms with Gasteiger partial charge in [-0.15, -0.1) is 0 Å². The maximum Gasteiger partial charge on any atom is 0.223 e. The first-order valence-electron chi connectivity index (χ1n) is 12.4. The smallest absolute Gasteiger partial charge is 0.223 e. The average Bonchev–Trinajstić information content (AvgIpc) is 3.52. The number of hydrogen-bond acceptors (Lipinski definition) is 5. The van der Waals surface area contributed by atoms with Crippen LogP contribution >= 0.6 is 0 Å². The molecule has 4 heterocycles. The van der Waals surface area contributed by atoms with Crippen LogP contribution in [0.15, 0.2) is 48.9 Å². The minimum Gasteiger partial charge on any atom is -0.349 e. The summed E-state index contributed by atoms with van der Waals surface area (Å²) in [5.74, 6) is -0.336. The van der Waals surface area contributed by atoms with E-state index in [1.54, 1.807) is 18.3 Å². The van der Waals surface area contributed by atoms with Crippen LogP contribution in [0, 0.1) is 25.6 Å². The maximum atomic E-state index is 16.1. The lowest BCUT2D eigenvalue weighted by molar-refractivity contribution is -0.127. The van der Waals surface area contributed by atoms with Crippen LogP contribution in [0.5, 0.6) is 0 Å². The second-order valence-corrected chi connectivity index (χ2v) is 9.87. The number of aromatic nitrogens is 6. The molecule has 4 aromatic heterocycles. The first-order chi connectivity index (χ1) is 17.7. The first-order valence-corrected chi connectivity index (χ1v) is 12.4. The number of hydrogen-bond donors (Lipinski definition) is 2. The molecule has 192 valence electrons. The Bertz CT molecular complexity index is 1400. The van der Waals surface area contributed by atoms with Crippen molar-refractivity contribution in [2.45, 2.75) is 58.2 Å². The number of aryl methyl sites for hydroxylation is 2. The Morgan fingerprint density at radius 3 is 2.57 bits per heavy atom. The van der Waals surface area contributed by atoms with E-state index in [4.69, 9.17) is 0 Å². The highest BCUT2D eigenvalue weighted by Crippen LogP contribution is 2.43. The molecular weight excluding hydrogens is 476 g/mol. The van der Waals surface area contributed by atoms with Crippen LogP contribution in [0.3, 0.4) is 0 Å². The van der Waals surface area contributed by atoms with E-state index in [2.05, 4.69) is 30.6 Å². The molecule has 1 aliphatic carbocycles. The molecular formula is C27H29F2N7O. The zero-order valence-electron chi connectivity index (χ0n) is 21.0. The van der Waals surface area contributed by atoms with Gasteiger partial charge in [0.25, 0.3) is 0 Å². The van der Waals surface area contributed by atoms with Crippen LogP contribution in [0.25, 0.3) is 17.2 Å². The van der Waals surface area contributed by atoms with Crippen molar-refractivity contribution in [3.63, 3.8) is 0 Å². The Kier molecular flexibility index (Phi) is 6.57. The minimum absolute atomic E-state index is 0.0994. The highest BCUT2D eigenvalue weighted by Gasteiger charge is 2.40. The van der Waals surface area contributed by atoms with E-state index in [-0.39, 0.29) is 30.7 Å². The van der Waals surface area contributed by atoms with E-state index in [0.717, 1.165) is 23.0 Å². The Morgan fingerprint density at radius 1 is 1.16 bits per heavy atom. The third-order valence-electron chi connectivity index (χ3n) is 6.96. The van der Waals surface area contributed by atoms with E-state index in [0.29, 0.717) is 35.7 Å². The zero-order valence-corrected chi connectivity index (χ0v) is 21.0. The fourth-order valence-corrected chi connectivity index (χ4v) is 4.80. The summed E-state index contributed by atoms with van der Waals surface area (Å²) in [5.41, 5.74) is 2.79. The molecule has 0 unspecified atom stereocenters. The number of aromatic amines is 1. The third-order valence-corrected chi connectivity index (χ3v) is 6.96. The summed E-state index contributed by atoms with van der Waals surface area (Å²) in [6.45, 7) is 5.71. The van der Waals surface area contributed by atoms with Gasteiger partial charge < -0.3 is 5.32 Å². The monoisotopic (exact) mass is 505 g/mol. The number of halogens is 2. The van der Waals surface area contributed by atoms with Crippen molar-refractivity contribution in [3.05, 3.63) is 77.3 Å². The summed E-state index contributed by atoms with van der Waals surface area (Å²) in [7, 11) is 0. The predicted octanol–water partition coefficient (Wildman–Crippen LogP) is 5.04. The molecule has 1 saturated carbocycles. The van der Waals surface area contributed by atoms with Gasteiger partial charge in [0.2, 0.25) is 5.91 Å². The van der Waals surface area contributed by atoms with Gasteiger partial charge in [0.15, 0.2) is 17.3 Å². The van der Waals surface area contributed by atoms with Crippen molar-refractivity contribution in [1.29, 1.82) is 0 Å². The largest absolute Gasteiger partial charge is 0.349 e. The zero-order chi connectivity index (χ0) is 26.2. The molecule has 0 radical (unpaired) electrons. The number of alkyl halides is 1. The molecule has 0 saturated heterocycles. The number of amides is 1. The topological polar surface area (TPSA) is 101 Å². The van der Waals surface area contributed by atoms with E-state index in [1.807, 2.05) is 39.0 Å². The fourth-order valence-electron chi connectivity index (χ4n) is 4.80. The number of carbonyl (C=O) groups excluding carboxylic acids is 1. The van der Waals surface area contributed by atoms with Gasteiger partial charge in [0.05, 0.1) is 29.8 Å². The first kappa shape index (κ1) is 24.7. The lowest BCUT2D eigenvalue weighted by Gasteiger charge is -2.33. The standard InChI is InChI=1S/C27H29F2N7O/c1-16-10-22(23-12-17(2)34-35-23)33-24(11-16)27(29)8-6-19(7-9-27)26(37)32-18(3)20-4-5-25(30-13-20)36-15-21(28)14-31-36/h4-5,10-15,18-19H,6-9H2,1-3H3,(H,32,37)(H,34,35)/t18-,19?,27?/m0/s1.